The summed E-state index contributed by atoms with van der Waals surface area (Å²) in [6.45, 7) is 2.71. The predicted octanol–water partition coefficient (Wildman–Crippen LogP) is 3.07. The van der Waals surface area contributed by atoms with Crippen molar-refractivity contribution in [2.75, 3.05) is 11.9 Å². The summed E-state index contributed by atoms with van der Waals surface area (Å²) in [7, 11) is 0. The zero-order valence-electron chi connectivity index (χ0n) is 10.9. The molecule has 1 aromatic heterocycles. The predicted molar refractivity (Wildman–Crippen MR) is 72.6 cm³/mol. The number of rotatable bonds is 4. The molecule has 2 aromatic rings. The van der Waals surface area contributed by atoms with E-state index in [1.54, 1.807) is 24.5 Å². The first-order valence-corrected chi connectivity index (χ1v) is 6.47. The van der Waals surface area contributed by atoms with Crippen molar-refractivity contribution < 1.29 is 4.39 Å². The van der Waals surface area contributed by atoms with Gasteiger partial charge in [-0.1, -0.05) is 12.1 Å². The fourth-order valence-electron chi connectivity index (χ4n) is 2.27. The fourth-order valence-corrected chi connectivity index (χ4v) is 2.27. The van der Waals surface area contributed by atoms with Gasteiger partial charge < -0.3 is 5.32 Å². The first-order chi connectivity index (χ1) is 9.18. The highest BCUT2D eigenvalue weighted by atomic mass is 19.1. The molecule has 3 rings (SSSR count). The molecule has 1 fully saturated rings. The molecular weight excluding hydrogens is 241 g/mol. The highest BCUT2D eigenvalue weighted by Crippen LogP contribution is 2.48. The highest BCUT2D eigenvalue weighted by molar-refractivity contribution is 5.36. The van der Waals surface area contributed by atoms with Gasteiger partial charge in [-0.15, -0.1) is 0 Å². The lowest BCUT2D eigenvalue weighted by atomic mass is 9.96. The van der Waals surface area contributed by atoms with Crippen LogP contribution in [0.4, 0.5) is 10.3 Å². The summed E-state index contributed by atoms with van der Waals surface area (Å²) in [6, 6.07) is 6.88. The number of nitrogens with zero attached hydrogens (tertiary/aromatic N) is 2. The number of halogens is 1. The van der Waals surface area contributed by atoms with E-state index in [1.165, 1.54) is 6.07 Å². The van der Waals surface area contributed by atoms with Crippen LogP contribution in [0.5, 0.6) is 0 Å². The molecule has 1 aliphatic rings. The molecule has 3 nitrogen and oxygen atoms in total. The molecule has 0 unspecified atom stereocenters. The number of anilines is 1. The van der Waals surface area contributed by atoms with Crippen LogP contribution < -0.4 is 5.32 Å². The van der Waals surface area contributed by atoms with E-state index in [1.807, 2.05) is 13.0 Å². The highest BCUT2D eigenvalue weighted by Gasteiger charge is 2.44. The van der Waals surface area contributed by atoms with Gasteiger partial charge in [0.25, 0.3) is 0 Å². The van der Waals surface area contributed by atoms with Crippen LogP contribution in [0.15, 0.2) is 36.7 Å². The van der Waals surface area contributed by atoms with E-state index in [4.69, 9.17) is 0 Å². The summed E-state index contributed by atoms with van der Waals surface area (Å²) in [5.74, 6) is 0.462. The minimum Gasteiger partial charge on any atom is -0.353 e. The lowest BCUT2D eigenvalue weighted by molar-refractivity contribution is 0.618. The second-order valence-corrected chi connectivity index (χ2v) is 5.23. The van der Waals surface area contributed by atoms with E-state index in [-0.39, 0.29) is 11.2 Å². The van der Waals surface area contributed by atoms with Gasteiger partial charge in [0, 0.05) is 24.4 Å². The Hall–Kier alpha value is -1.97. The normalized spacial score (nSPS) is 16.1. The van der Waals surface area contributed by atoms with Crippen molar-refractivity contribution in [1.82, 2.24) is 9.97 Å². The third kappa shape index (κ3) is 2.57. The van der Waals surface area contributed by atoms with Crippen LogP contribution in [0.2, 0.25) is 0 Å². The average Bonchev–Trinajstić information content (AvgIpc) is 3.19. The van der Waals surface area contributed by atoms with Gasteiger partial charge in [0.2, 0.25) is 5.95 Å². The third-order valence-electron chi connectivity index (χ3n) is 3.66. The Morgan fingerprint density at radius 2 is 2.00 bits per heavy atom. The number of benzene rings is 1. The lowest BCUT2D eigenvalue weighted by Gasteiger charge is -2.16. The second-order valence-electron chi connectivity index (χ2n) is 5.23. The number of nitrogens with one attached hydrogen (secondary N) is 1. The van der Waals surface area contributed by atoms with Crippen molar-refractivity contribution in [1.29, 1.82) is 0 Å². The van der Waals surface area contributed by atoms with Gasteiger partial charge in [0.1, 0.15) is 5.82 Å². The van der Waals surface area contributed by atoms with Gasteiger partial charge in [-0.25, -0.2) is 14.4 Å². The van der Waals surface area contributed by atoms with Crippen molar-refractivity contribution in [3.8, 4) is 0 Å². The standard InChI is InChI=1S/C15H16FN3/c1-11-8-17-14(18-9-11)19-10-15(5-6-15)12-3-2-4-13(16)7-12/h2-4,7-9H,5-6,10H2,1H3,(H,17,18,19). The van der Waals surface area contributed by atoms with E-state index >= 15 is 0 Å². The van der Waals surface area contributed by atoms with Crippen LogP contribution in [-0.2, 0) is 5.41 Å². The Bertz CT molecular complexity index is 576. The Balaban J connectivity index is 1.71. The van der Waals surface area contributed by atoms with Crippen molar-refractivity contribution in [2.24, 2.45) is 0 Å². The van der Waals surface area contributed by atoms with Crippen molar-refractivity contribution in [2.45, 2.75) is 25.2 Å². The summed E-state index contributed by atoms with van der Waals surface area (Å²) in [5.41, 5.74) is 2.15. The van der Waals surface area contributed by atoms with Crippen LogP contribution in [-0.4, -0.2) is 16.5 Å². The van der Waals surface area contributed by atoms with E-state index in [9.17, 15) is 4.39 Å². The molecule has 0 aliphatic heterocycles. The number of aryl methyl sites for hydroxylation is 1. The summed E-state index contributed by atoms with van der Waals surface area (Å²) >= 11 is 0. The molecular formula is C15H16FN3. The van der Waals surface area contributed by atoms with Gasteiger partial charge in [-0.2, -0.15) is 0 Å². The molecule has 98 valence electrons. The van der Waals surface area contributed by atoms with Crippen LogP contribution in [0.1, 0.15) is 24.0 Å². The van der Waals surface area contributed by atoms with Crippen molar-refractivity contribution in [3.63, 3.8) is 0 Å². The zero-order valence-corrected chi connectivity index (χ0v) is 10.9. The van der Waals surface area contributed by atoms with E-state index in [0.717, 1.165) is 30.5 Å². The molecule has 1 saturated carbocycles. The average molecular weight is 257 g/mol. The molecule has 0 radical (unpaired) electrons. The van der Waals surface area contributed by atoms with Gasteiger partial charge in [-0.05, 0) is 43.0 Å². The lowest BCUT2D eigenvalue weighted by Crippen LogP contribution is -2.20. The summed E-state index contributed by atoms with van der Waals surface area (Å²) in [6.07, 6.45) is 5.73. The monoisotopic (exact) mass is 257 g/mol. The zero-order chi connectivity index (χ0) is 13.3. The van der Waals surface area contributed by atoms with Crippen LogP contribution >= 0.6 is 0 Å². The maximum Gasteiger partial charge on any atom is 0.222 e. The number of aromatic nitrogens is 2. The molecule has 1 aromatic carbocycles. The van der Waals surface area contributed by atoms with Crippen LogP contribution in [0.25, 0.3) is 0 Å². The molecule has 0 amide bonds. The largest absolute Gasteiger partial charge is 0.353 e. The quantitative estimate of drug-likeness (QED) is 0.914. The smallest absolute Gasteiger partial charge is 0.222 e. The maximum absolute atomic E-state index is 13.3. The van der Waals surface area contributed by atoms with Crippen LogP contribution in [0, 0.1) is 12.7 Å². The molecule has 0 saturated heterocycles. The van der Waals surface area contributed by atoms with Crippen molar-refractivity contribution in [3.05, 3.63) is 53.6 Å². The number of hydrogen-bond acceptors (Lipinski definition) is 3. The molecule has 1 heterocycles. The van der Waals surface area contributed by atoms with Gasteiger partial charge in [0.15, 0.2) is 0 Å². The topological polar surface area (TPSA) is 37.8 Å². The van der Waals surface area contributed by atoms with E-state index in [2.05, 4.69) is 15.3 Å². The fraction of sp³-hybridized carbons (Fsp3) is 0.333. The molecule has 19 heavy (non-hydrogen) atoms. The Morgan fingerprint density at radius 3 is 2.63 bits per heavy atom. The minimum absolute atomic E-state index is 0.0519. The SMILES string of the molecule is Cc1cnc(NCC2(c3cccc(F)c3)CC2)nc1. The second kappa shape index (κ2) is 4.61. The van der Waals surface area contributed by atoms with E-state index < -0.39 is 0 Å². The minimum atomic E-state index is -0.171. The molecule has 0 bridgehead atoms. The van der Waals surface area contributed by atoms with Gasteiger partial charge in [0.05, 0.1) is 0 Å². The Morgan fingerprint density at radius 1 is 1.26 bits per heavy atom. The Labute approximate surface area is 111 Å². The summed E-state index contributed by atoms with van der Waals surface area (Å²) in [4.78, 5) is 8.45. The third-order valence-corrected chi connectivity index (χ3v) is 3.66. The van der Waals surface area contributed by atoms with E-state index in [0.29, 0.717) is 5.95 Å². The van der Waals surface area contributed by atoms with Gasteiger partial charge >= 0.3 is 0 Å². The summed E-state index contributed by atoms with van der Waals surface area (Å²) < 4.78 is 13.3. The number of hydrogen-bond donors (Lipinski definition) is 1. The van der Waals surface area contributed by atoms with Crippen molar-refractivity contribution >= 4 is 5.95 Å². The van der Waals surface area contributed by atoms with Gasteiger partial charge in [-0.3, -0.25) is 0 Å². The molecule has 1 N–H and O–H groups in total. The maximum atomic E-state index is 13.3. The molecule has 4 heteroatoms. The van der Waals surface area contributed by atoms with Crippen LogP contribution in [0.3, 0.4) is 0 Å². The first-order valence-electron chi connectivity index (χ1n) is 6.47. The Kier molecular flexibility index (Phi) is 2.93. The molecule has 0 atom stereocenters. The molecule has 0 spiro atoms. The molecule has 1 aliphatic carbocycles. The summed E-state index contributed by atoms with van der Waals surface area (Å²) in [5, 5.41) is 3.25. The first kappa shape index (κ1) is 12.1.